The molecule has 0 fully saturated rings. The van der Waals surface area contributed by atoms with E-state index in [-0.39, 0.29) is 24.2 Å². The maximum atomic E-state index is 14.7. The van der Waals surface area contributed by atoms with E-state index in [4.69, 9.17) is 0 Å². The van der Waals surface area contributed by atoms with E-state index in [2.05, 4.69) is 5.32 Å². The molecule has 202 valence electrons. The number of hydrogen-bond donors (Lipinski definition) is 1. The van der Waals surface area contributed by atoms with Gasteiger partial charge in [0.2, 0.25) is 11.8 Å². The summed E-state index contributed by atoms with van der Waals surface area (Å²) in [5.74, 6) is -1.59. The van der Waals surface area contributed by atoms with Crippen molar-refractivity contribution in [3.63, 3.8) is 0 Å². The summed E-state index contributed by atoms with van der Waals surface area (Å²) in [6.07, 6.45) is 0.165. The number of nitrogens with one attached hydrogen (secondary N) is 1. The Morgan fingerprint density at radius 2 is 1.47 bits per heavy atom. The highest BCUT2D eigenvalue weighted by molar-refractivity contribution is 7.90. The summed E-state index contributed by atoms with van der Waals surface area (Å²) in [6, 6.07) is 22.4. The molecule has 0 spiro atoms. The highest BCUT2D eigenvalue weighted by Crippen LogP contribution is 2.22. The van der Waals surface area contributed by atoms with Crippen molar-refractivity contribution in [3.05, 3.63) is 102 Å². The van der Waals surface area contributed by atoms with Crippen LogP contribution in [0.3, 0.4) is 0 Å². The molecule has 0 aliphatic carbocycles. The number of likely N-dealkylation sites (N-methyl/N-ethyl adjacent to an activating group) is 1. The Labute approximate surface area is 223 Å². The minimum absolute atomic E-state index is 0.165. The fraction of sp³-hybridized carbons (Fsp3) is 0.286. The van der Waals surface area contributed by atoms with Crippen molar-refractivity contribution in [2.45, 2.75) is 25.9 Å². The highest BCUT2D eigenvalue weighted by atomic mass is 32.2. The van der Waals surface area contributed by atoms with Gasteiger partial charge in [-0.05, 0) is 30.7 Å². The Bertz CT molecular complexity index is 1320. The summed E-state index contributed by atoms with van der Waals surface area (Å²) in [5.41, 5.74) is 1.30. The smallest absolute Gasteiger partial charge is 0.304 e. The maximum absolute atomic E-state index is 14.7. The summed E-state index contributed by atoms with van der Waals surface area (Å²) in [4.78, 5) is 28.5. The highest BCUT2D eigenvalue weighted by Gasteiger charge is 2.34. The first kappa shape index (κ1) is 28.8. The van der Waals surface area contributed by atoms with Gasteiger partial charge in [0.25, 0.3) is 0 Å². The van der Waals surface area contributed by atoms with Crippen molar-refractivity contribution in [2.75, 3.05) is 31.5 Å². The lowest BCUT2D eigenvalue weighted by molar-refractivity contribution is -0.140. The number of carbonyl (C=O) groups excluding carboxylic acids is 2. The Morgan fingerprint density at radius 1 is 0.895 bits per heavy atom. The van der Waals surface area contributed by atoms with Crippen LogP contribution in [-0.4, -0.2) is 62.7 Å². The van der Waals surface area contributed by atoms with E-state index in [1.165, 1.54) is 31.1 Å². The SMILES string of the molecule is CCNC(=O)[C@H](Cc1ccccc1)N(Cc1ccccc1F)C(=O)CN(c1ccccc1)S(=O)(=O)N(C)C. The molecule has 0 saturated heterocycles. The molecule has 1 atom stereocenters. The fourth-order valence-corrected chi connectivity index (χ4v) is 5.02. The van der Waals surface area contributed by atoms with Gasteiger partial charge in [-0.25, -0.2) is 8.70 Å². The Kier molecular flexibility index (Phi) is 9.98. The van der Waals surface area contributed by atoms with E-state index in [0.717, 1.165) is 14.2 Å². The van der Waals surface area contributed by atoms with E-state index in [1.807, 2.05) is 30.3 Å². The van der Waals surface area contributed by atoms with Gasteiger partial charge in [0.1, 0.15) is 18.4 Å². The number of hydrogen-bond acceptors (Lipinski definition) is 4. The number of amides is 2. The number of rotatable bonds is 12. The molecule has 0 aliphatic heterocycles. The second kappa shape index (κ2) is 13.2. The van der Waals surface area contributed by atoms with Crippen molar-refractivity contribution in [3.8, 4) is 0 Å². The molecule has 1 N–H and O–H groups in total. The summed E-state index contributed by atoms with van der Waals surface area (Å²) < 4.78 is 43.2. The van der Waals surface area contributed by atoms with Gasteiger partial charge in [-0.15, -0.1) is 0 Å². The number of carbonyl (C=O) groups is 2. The number of halogens is 1. The summed E-state index contributed by atoms with van der Waals surface area (Å²) in [6.45, 7) is 1.30. The molecular weight excluding hydrogens is 507 g/mol. The normalized spacial score (nSPS) is 12.1. The Hall–Kier alpha value is -3.76. The first-order valence-corrected chi connectivity index (χ1v) is 13.6. The Morgan fingerprint density at radius 3 is 2.05 bits per heavy atom. The minimum Gasteiger partial charge on any atom is -0.355 e. The molecule has 3 aromatic rings. The van der Waals surface area contributed by atoms with E-state index in [1.54, 1.807) is 49.4 Å². The van der Waals surface area contributed by atoms with Crippen LogP contribution in [0.2, 0.25) is 0 Å². The summed E-state index contributed by atoms with van der Waals surface area (Å²) in [7, 11) is -1.32. The second-order valence-electron chi connectivity index (χ2n) is 8.85. The zero-order valence-corrected chi connectivity index (χ0v) is 22.6. The van der Waals surface area contributed by atoms with Crippen LogP contribution in [-0.2, 0) is 32.8 Å². The molecule has 0 radical (unpaired) electrons. The van der Waals surface area contributed by atoms with E-state index in [0.29, 0.717) is 6.54 Å². The van der Waals surface area contributed by atoms with Crippen LogP contribution >= 0.6 is 0 Å². The van der Waals surface area contributed by atoms with Crippen LogP contribution < -0.4 is 9.62 Å². The van der Waals surface area contributed by atoms with Crippen LogP contribution in [0.15, 0.2) is 84.9 Å². The average Bonchev–Trinajstić information content (AvgIpc) is 2.91. The van der Waals surface area contributed by atoms with Crippen molar-refractivity contribution in [2.24, 2.45) is 0 Å². The van der Waals surface area contributed by atoms with Crippen molar-refractivity contribution >= 4 is 27.7 Å². The van der Waals surface area contributed by atoms with Crippen LogP contribution in [0.25, 0.3) is 0 Å². The van der Waals surface area contributed by atoms with Gasteiger partial charge < -0.3 is 10.2 Å². The largest absolute Gasteiger partial charge is 0.355 e. The first-order valence-electron chi connectivity index (χ1n) is 12.2. The van der Waals surface area contributed by atoms with E-state index in [9.17, 15) is 22.4 Å². The molecular formula is C28H33FN4O4S. The third-order valence-electron chi connectivity index (χ3n) is 5.98. The molecule has 0 aliphatic rings. The second-order valence-corrected chi connectivity index (χ2v) is 10.9. The molecule has 0 saturated carbocycles. The van der Waals surface area contributed by atoms with Gasteiger partial charge in [0.15, 0.2) is 0 Å². The topological polar surface area (TPSA) is 90.0 Å². The van der Waals surface area contributed by atoms with Gasteiger partial charge in [0, 0.05) is 39.2 Å². The third-order valence-corrected chi connectivity index (χ3v) is 7.80. The number of nitrogens with zero attached hydrogens (tertiary/aromatic N) is 3. The number of para-hydroxylation sites is 1. The molecule has 0 bridgehead atoms. The van der Waals surface area contributed by atoms with Crippen LogP contribution in [0.4, 0.5) is 10.1 Å². The van der Waals surface area contributed by atoms with Gasteiger partial charge in [-0.2, -0.15) is 12.7 Å². The summed E-state index contributed by atoms with van der Waals surface area (Å²) in [5, 5.41) is 2.77. The van der Waals surface area contributed by atoms with Gasteiger partial charge in [-0.3, -0.25) is 9.59 Å². The lowest BCUT2D eigenvalue weighted by Crippen LogP contribution is -2.54. The zero-order valence-electron chi connectivity index (χ0n) is 21.7. The van der Waals surface area contributed by atoms with Crippen molar-refractivity contribution < 1.29 is 22.4 Å². The molecule has 3 aromatic carbocycles. The monoisotopic (exact) mass is 540 g/mol. The Balaban J connectivity index is 2.07. The predicted octanol–water partition coefficient (Wildman–Crippen LogP) is 3.21. The average molecular weight is 541 g/mol. The van der Waals surface area contributed by atoms with Crippen LogP contribution in [0.5, 0.6) is 0 Å². The number of benzene rings is 3. The lowest BCUT2D eigenvalue weighted by Gasteiger charge is -2.34. The van der Waals surface area contributed by atoms with E-state index < -0.39 is 40.4 Å². The number of anilines is 1. The zero-order chi connectivity index (χ0) is 27.7. The third kappa shape index (κ3) is 7.17. The molecule has 0 heterocycles. The van der Waals surface area contributed by atoms with Gasteiger partial charge in [0.05, 0.1) is 5.69 Å². The quantitative estimate of drug-likeness (QED) is 0.382. The van der Waals surface area contributed by atoms with Crippen molar-refractivity contribution in [1.82, 2.24) is 14.5 Å². The maximum Gasteiger partial charge on any atom is 0.304 e. The fourth-order valence-electron chi connectivity index (χ4n) is 3.97. The van der Waals surface area contributed by atoms with Crippen LogP contribution in [0.1, 0.15) is 18.1 Å². The molecule has 0 unspecified atom stereocenters. The van der Waals surface area contributed by atoms with Gasteiger partial charge >= 0.3 is 10.2 Å². The van der Waals surface area contributed by atoms with Crippen LogP contribution in [0, 0.1) is 5.82 Å². The minimum atomic E-state index is -4.07. The molecule has 3 rings (SSSR count). The molecule has 2 amide bonds. The summed E-state index contributed by atoms with van der Waals surface area (Å²) >= 11 is 0. The van der Waals surface area contributed by atoms with Crippen molar-refractivity contribution in [1.29, 1.82) is 0 Å². The predicted molar refractivity (Wildman–Crippen MR) is 146 cm³/mol. The standard InChI is InChI=1S/C28H33FN4O4S/c1-4-30-28(35)26(19-22-13-7-5-8-14-22)32(20-23-15-11-12-18-25(23)29)27(34)21-33(38(36,37)31(2)3)24-16-9-6-10-17-24/h5-18,26H,4,19-21H2,1-3H3,(H,30,35)/t26-/m0/s1. The molecule has 38 heavy (non-hydrogen) atoms. The molecule has 10 heteroatoms. The van der Waals surface area contributed by atoms with Gasteiger partial charge in [-0.1, -0.05) is 66.7 Å². The lowest BCUT2D eigenvalue weighted by atomic mass is 10.0. The van der Waals surface area contributed by atoms with E-state index >= 15 is 0 Å². The molecule has 0 aromatic heterocycles. The molecule has 8 nitrogen and oxygen atoms in total. The first-order chi connectivity index (χ1) is 18.1.